The minimum absolute atomic E-state index is 0.0202. The van der Waals surface area contributed by atoms with Crippen molar-refractivity contribution in [2.45, 2.75) is 44.6 Å². The molecule has 62 heavy (non-hydrogen) atoms. The number of pyridine rings is 1. The molecule has 4 aromatic carbocycles. The maximum Gasteiger partial charge on any atom is 0.303 e. The number of aromatic nitrogens is 3. The fourth-order valence-corrected chi connectivity index (χ4v) is 7.74. The Balaban J connectivity index is 0.791. The molecule has 0 saturated heterocycles. The number of fused-ring (bicyclic) bond motifs is 2. The number of carboxylic acids is 1. The largest absolute Gasteiger partial charge is 0.494 e. The molecule has 0 spiro atoms. The number of rotatable bonds is 19. The Morgan fingerprint density at radius 1 is 0.726 bits per heavy atom. The van der Waals surface area contributed by atoms with E-state index in [1.54, 1.807) is 24.5 Å². The molecule has 1 aliphatic carbocycles. The van der Waals surface area contributed by atoms with Gasteiger partial charge in [0.15, 0.2) is 5.78 Å². The molecule has 1 aliphatic heterocycles. The molecule has 3 amide bonds. The number of aryl methyl sites for hydroxylation is 1. The van der Waals surface area contributed by atoms with Gasteiger partial charge in [-0.15, -0.1) is 0 Å². The lowest BCUT2D eigenvalue weighted by atomic mass is 9.98. The summed E-state index contributed by atoms with van der Waals surface area (Å²) in [5.74, 6) is -2.48. The molecule has 2 aliphatic rings. The number of ketones is 1. The van der Waals surface area contributed by atoms with Gasteiger partial charge in [-0.25, -0.2) is 4.68 Å². The van der Waals surface area contributed by atoms with E-state index in [1.165, 1.54) is 6.07 Å². The van der Waals surface area contributed by atoms with Gasteiger partial charge < -0.3 is 25.1 Å². The predicted octanol–water partition coefficient (Wildman–Crippen LogP) is 6.97. The van der Waals surface area contributed by atoms with Crippen molar-refractivity contribution in [1.82, 2.24) is 19.7 Å². The highest BCUT2D eigenvalue weighted by Crippen LogP contribution is 2.36. The third-order valence-electron chi connectivity index (χ3n) is 10.9. The van der Waals surface area contributed by atoms with Crippen molar-refractivity contribution in [3.63, 3.8) is 0 Å². The number of benzene rings is 4. The van der Waals surface area contributed by atoms with Gasteiger partial charge in [0.25, 0.3) is 11.8 Å². The number of ether oxygens (including phenoxy) is 3. The summed E-state index contributed by atoms with van der Waals surface area (Å²) in [6.45, 7) is 1.53. The standard InChI is InChI=1S/C48H43N5O9/c49-46(57)40(17-19-43(55)56)53-47(58)38-4-1-5-42(44(38)48(53)59)62-27-3-25-60-24-2-26-61-36-14-8-31(9-15-36)30-6-12-35(13-7-30)52-29-39(45(51-52)32-20-22-50-23-21-32)34-10-16-37-33(28-34)11-18-41(37)54/h1,4-10,12-16,20-23,28-29,40H,2-3,11,17-19,24-27H2,(H2,49,57)(H,55,56). The minimum atomic E-state index is -1.39. The highest BCUT2D eigenvalue weighted by molar-refractivity contribution is 6.24. The van der Waals surface area contributed by atoms with Gasteiger partial charge in [0, 0.05) is 74.2 Å². The molecule has 0 radical (unpaired) electrons. The van der Waals surface area contributed by atoms with Gasteiger partial charge in [-0.3, -0.25) is 33.9 Å². The Labute approximate surface area is 356 Å². The van der Waals surface area contributed by atoms with Crippen LogP contribution in [0.15, 0.2) is 116 Å². The zero-order chi connectivity index (χ0) is 43.2. The van der Waals surface area contributed by atoms with Gasteiger partial charge >= 0.3 is 5.97 Å². The number of carbonyl (C=O) groups is 5. The lowest BCUT2D eigenvalue weighted by Crippen LogP contribution is -2.48. The van der Waals surface area contributed by atoms with Crippen LogP contribution in [-0.2, 0) is 20.7 Å². The first-order chi connectivity index (χ1) is 30.2. The van der Waals surface area contributed by atoms with E-state index in [9.17, 15) is 24.0 Å². The quantitative estimate of drug-likeness (QED) is 0.0633. The molecular formula is C48H43N5O9. The van der Waals surface area contributed by atoms with Crippen LogP contribution in [-0.4, -0.2) is 86.7 Å². The summed E-state index contributed by atoms with van der Waals surface area (Å²) in [6, 6.07) is 29.3. The van der Waals surface area contributed by atoms with Crippen LogP contribution in [0, 0.1) is 0 Å². The summed E-state index contributed by atoms with van der Waals surface area (Å²) in [6.07, 6.45) is 7.32. The second-order valence-electron chi connectivity index (χ2n) is 15.0. The summed E-state index contributed by atoms with van der Waals surface area (Å²) in [4.78, 5) is 66.5. The van der Waals surface area contributed by atoms with Crippen molar-refractivity contribution in [3.8, 4) is 50.7 Å². The summed E-state index contributed by atoms with van der Waals surface area (Å²) >= 11 is 0. The van der Waals surface area contributed by atoms with Gasteiger partial charge in [0.2, 0.25) is 5.91 Å². The molecule has 14 heteroatoms. The second-order valence-corrected chi connectivity index (χ2v) is 15.0. The number of hydrogen-bond acceptors (Lipinski definition) is 10. The molecule has 3 N–H and O–H groups in total. The number of amides is 3. The van der Waals surface area contributed by atoms with Gasteiger partial charge in [-0.1, -0.05) is 48.5 Å². The number of nitrogens with zero attached hydrogens (tertiary/aromatic N) is 4. The summed E-state index contributed by atoms with van der Waals surface area (Å²) in [5, 5.41) is 14.0. The van der Waals surface area contributed by atoms with E-state index in [-0.39, 0.29) is 35.7 Å². The zero-order valence-corrected chi connectivity index (χ0v) is 33.7. The number of nitrogens with two attached hydrogens (primary N) is 1. The molecule has 6 aromatic rings. The highest BCUT2D eigenvalue weighted by Gasteiger charge is 2.44. The second kappa shape index (κ2) is 18.4. The van der Waals surface area contributed by atoms with Crippen LogP contribution in [0.1, 0.15) is 68.7 Å². The number of Topliss-reactive ketones (excluding diaryl/α,β-unsaturated/α-hetero) is 1. The number of aliphatic carboxylic acids is 1. The zero-order valence-electron chi connectivity index (χ0n) is 33.7. The van der Waals surface area contributed by atoms with Crippen molar-refractivity contribution >= 4 is 29.5 Å². The first kappa shape index (κ1) is 41.3. The van der Waals surface area contributed by atoms with Crippen LogP contribution in [0.2, 0.25) is 0 Å². The third-order valence-corrected chi connectivity index (χ3v) is 10.9. The average molecular weight is 834 g/mol. The Morgan fingerprint density at radius 3 is 2.13 bits per heavy atom. The fourth-order valence-electron chi connectivity index (χ4n) is 7.74. The molecule has 1 atom stereocenters. The van der Waals surface area contributed by atoms with E-state index in [0.717, 1.165) is 67.4 Å². The van der Waals surface area contributed by atoms with Crippen LogP contribution in [0.3, 0.4) is 0 Å². The van der Waals surface area contributed by atoms with E-state index >= 15 is 0 Å². The lowest BCUT2D eigenvalue weighted by molar-refractivity contribution is -0.137. The summed E-state index contributed by atoms with van der Waals surface area (Å²) in [7, 11) is 0. The van der Waals surface area contributed by atoms with Crippen LogP contribution >= 0.6 is 0 Å². The Morgan fingerprint density at radius 2 is 1.42 bits per heavy atom. The van der Waals surface area contributed by atoms with Gasteiger partial charge in [0.05, 0.1) is 30.0 Å². The van der Waals surface area contributed by atoms with E-state index in [2.05, 4.69) is 23.2 Å². The number of carbonyl (C=O) groups excluding carboxylic acids is 4. The van der Waals surface area contributed by atoms with E-state index in [0.29, 0.717) is 39.1 Å². The highest BCUT2D eigenvalue weighted by atomic mass is 16.5. The van der Waals surface area contributed by atoms with Crippen molar-refractivity contribution in [2.75, 3.05) is 26.4 Å². The van der Waals surface area contributed by atoms with E-state index in [4.69, 9.17) is 30.1 Å². The van der Waals surface area contributed by atoms with Crippen LogP contribution < -0.4 is 15.2 Å². The van der Waals surface area contributed by atoms with Crippen molar-refractivity contribution in [3.05, 3.63) is 138 Å². The normalized spacial score (nSPS) is 13.5. The molecule has 8 rings (SSSR count). The van der Waals surface area contributed by atoms with Crippen LogP contribution in [0.5, 0.6) is 11.5 Å². The smallest absolute Gasteiger partial charge is 0.303 e. The fraction of sp³-hybridized carbons (Fsp3) is 0.229. The Bertz CT molecular complexity index is 2640. The van der Waals surface area contributed by atoms with Crippen LogP contribution in [0.25, 0.3) is 39.2 Å². The lowest BCUT2D eigenvalue weighted by Gasteiger charge is -2.22. The minimum Gasteiger partial charge on any atom is -0.494 e. The first-order valence-electron chi connectivity index (χ1n) is 20.4. The van der Waals surface area contributed by atoms with Crippen LogP contribution in [0.4, 0.5) is 0 Å². The number of carboxylic acid groups (broad SMARTS) is 1. The topological polar surface area (TPSA) is 193 Å². The van der Waals surface area contributed by atoms with E-state index < -0.39 is 36.2 Å². The van der Waals surface area contributed by atoms with Gasteiger partial charge in [0.1, 0.15) is 23.2 Å². The molecule has 0 bridgehead atoms. The van der Waals surface area contributed by atoms with Gasteiger partial charge in [-0.05, 0) is 83.6 Å². The number of imide groups is 1. The van der Waals surface area contributed by atoms with Crippen molar-refractivity contribution < 1.29 is 43.3 Å². The number of hydrogen-bond donors (Lipinski definition) is 2. The molecule has 1 unspecified atom stereocenters. The van der Waals surface area contributed by atoms with Gasteiger partial charge in [-0.2, -0.15) is 5.10 Å². The molecule has 0 saturated carbocycles. The molecular weight excluding hydrogens is 791 g/mol. The summed E-state index contributed by atoms with van der Waals surface area (Å²) in [5.41, 5.74) is 14.2. The number of primary amides is 1. The maximum absolute atomic E-state index is 13.2. The Kier molecular flexibility index (Phi) is 12.3. The molecule has 14 nitrogen and oxygen atoms in total. The maximum atomic E-state index is 13.2. The van der Waals surface area contributed by atoms with Crippen molar-refractivity contribution in [1.29, 1.82) is 0 Å². The molecule has 0 fully saturated rings. The molecule has 314 valence electrons. The SMILES string of the molecule is NC(=O)C(CCC(=O)O)N1C(=O)c2cccc(OCCCOCCCOc3ccc(-c4ccc(-n5cc(-c6ccc7c(c6)CCC7=O)c(-c6ccncc6)n5)cc4)cc3)c2C1=O. The Hall–Kier alpha value is -7.45. The predicted molar refractivity (Wildman–Crippen MR) is 228 cm³/mol. The summed E-state index contributed by atoms with van der Waals surface area (Å²) < 4.78 is 19.4. The third kappa shape index (κ3) is 8.86. The molecule has 2 aromatic heterocycles. The van der Waals surface area contributed by atoms with Crippen molar-refractivity contribution in [2.24, 2.45) is 5.73 Å². The average Bonchev–Trinajstić information content (AvgIpc) is 3.97. The monoisotopic (exact) mass is 833 g/mol. The van der Waals surface area contributed by atoms with E-state index in [1.807, 2.05) is 71.5 Å². The molecule has 3 heterocycles. The first-order valence-corrected chi connectivity index (χ1v) is 20.4.